The van der Waals surface area contributed by atoms with Gasteiger partial charge in [-0.2, -0.15) is 4.98 Å². The van der Waals surface area contributed by atoms with E-state index in [-0.39, 0.29) is 11.7 Å². The van der Waals surface area contributed by atoms with Gasteiger partial charge in [-0.15, -0.1) is 0 Å². The Morgan fingerprint density at radius 3 is 2.62 bits per heavy atom. The molecule has 0 aliphatic carbocycles. The highest BCUT2D eigenvalue weighted by molar-refractivity contribution is 5.97. The molecule has 0 bridgehead atoms. The molecule has 0 spiro atoms. The lowest BCUT2D eigenvalue weighted by molar-refractivity contribution is 0.0825. The van der Waals surface area contributed by atoms with Gasteiger partial charge in [-0.3, -0.25) is 9.69 Å². The van der Waals surface area contributed by atoms with E-state index in [4.69, 9.17) is 4.52 Å². The highest BCUT2D eigenvalue weighted by Gasteiger charge is 2.26. The normalized spacial score (nSPS) is 16.6. The van der Waals surface area contributed by atoms with Crippen LogP contribution in [0.3, 0.4) is 0 Å². The van der Waals surface area contributed by atoms with Crippen molar-refractivity contribution >= 4 is 5.78 Å². The van der Waals surface area contributed by atoms with E-state index in [1.54, 1.807) is 0 Å². The number of hydrogen-bond acceptors (Lipinski definition) is 5. The first-order chi connectivity index (χ1) is 11.6. The van der Waals surface area contributed by atoms with Crippen LogP contribution in [0.5, 0.6) is 0 Å². The van der Waals surface area contributed by atoms with Crippen LogP contribution in [0.2, 0.25) is 0 Å². The molecule has 0 N–H and O–H groups in total. The molecule has 0 saturated carbocycles. The van der Waals surface area contributed by atoms with E-state index in [0.29, 0.717) is 18.4 Å². The molecule has 2 heterocycles. The minimum Gasteiger partial charge on any atom is -0.338 e. The highest BCUT2D eigenvalue weighted by atomic mass is 16.5. The standard InChI is InChI=1S/C19H25N3O2/c1-14(2)12-17-20-18(24-21-17)13-22-10-8-16(9-11-22)19(23)15-6-4-3-5-7-15/h3-7,14,16H,8-13H2,1-2H3. The summed E-state index contributed by atoms with van der Waals surface area (Å²) in [6, 6.07) is 9.60. The van der Waals surface area contributed by atoms with Crippen LogP contribution in [-0.4, -0.2) is 33.9 Å². The van der Waals surface area contributed by atoms with Crippen molar-refractivity contribution < 1.29 is 9.32 Å². The fourth-order valence-electron chi connectivity index (χ4n) is 3.19. The molecule has 1 aromatic carbocycles. The zero-order valence-corrected chi connectivity index (χ0v) is 14.4. The Balaban J connectivity index is 1.50. The topological polar surface area (TPSA) is 59.2 Å². The van der Waals surface area contributed by atoms with Crippen LogP contribution in [0.4, 0.5) is 0 Å². The lowest BCUT2D eigenvalue weighted by Gasteiger charge is -2.30. The van der Waals surface area contributed by atoms with Crippen LogP contribution in [0.25, 0.3) is 0 Å². The van der Waals surface area contributed by atoms with E-state index in [1.165, 1.54) is 0 Å². The molecule has 128 valence electrons. The van der Waals surface area contributed by atoms with Crippen molar-refractivity contribution in [1.82, 2.24) is 15.0 Å². The van der Waals surface area contributed by atoms with Crippen LogP contribution in [0.15, 0.2) is 34.9 Å². The van der Waals surface area contributed by atoms with Crippen LogP contribution in [0, 0.1) is 11.8 Å². The van der Waals surface area contributed by atoms with E-state index in [1.807, 2.05) is 30.3 Å². The van der Waals surface area contributed by atoms with Gasteiger partial charge >= 0.3 is 0 Å². The first-order valence-electron chi connectivity index (χ1n) is 8.75. The predicted molar refractivity (Wildman–Crippen MR) is 91.6 cm³/mol. The van der Waals surface area contributed by atoms with Gasteiger partial charge in [0, 0.05) is 17.9 Å². The fraction of sp³-hybridized carbons (Fsp3) is 0.526. The molecule has 24 heavy (non-hydrogen) atoms. The molecular formula is C19H25N3O2. The summed E-state index contributed by atoms with van der Waals surface area (Å²) in [7, 11) is 0. The van der Waals surface area contributed by atoms with Crippen LogP contribution < -0.4 is 0 Å². The van der Waals surface area contributed by atoms with Crippen molar-refractivity contribution in [2.24, 2.45) is 11.8 Å². The Hall–Kier alpha value is -2.01. The monoisotopic (exact) mass is 327 g/mol. The number of carbonyl (C=O) groups excluding carboxylic acids is 1. The molecule has 1 aromatic heterocycles. The lowest BCUT2D eigenvalue weighted by atomic mass is 9.89. The summed E-state index contributed by atoms with van der Waals surface area (Å²) in [6.07, 6.45) is 2.62. The van der Waals surface area contributed by atoms with Gasteiger partial charge in [0.1, 0.15) is 0 Å². The second-order valence-corrected chi connectivity index (χ2v) is 6.98. The molecule has 1 aliphatic heterocycles. The Labute approximate surface area is 143 Å². The first-order valence-corrected chi connectivity index (χ1v) is 8.75. The molecular weight excluding hydrogens is 302 g/mol. The molecule has 5 heteroatoms. The van der Waals surface area contributed by atoms with Crippen molar-refractivity contribution in [3.63, 3.8) is 0 Å². The zero-order valence-electron chi connectivity index (χ0n) is 14.4. The summed E-state index contributed by atoms with van der Waals surface area (Å²) < 4.78 is 5.34. The largest absolute Gasteiger partial charge is 0.338 e. The molecule has 0 unspecified atom stereocenters. The maximum atomic E-state index is 12.5. The molecule has 0 amide bonds. The predicted octanol–water partition coefficient (Wildman–Crippen LogP) is 3.36. The molecule has 0 radical (unpaired) electrons. The van der Waals surface area contributed by atoms with E-state index in [9.17, 15) is 4.79 Å². The fourth-order valence-corrected chi connectivity index (χ4v) is 3.19. The SMILES string of the molecule is CC(C)Cc1noc(CN2CCC(C(=O)c3ccccc3)CC2)n1. The third-order valence-electron chi connectivity index (χ3n) is 4.48. The molecule has 0 atom stereocenters. The minimum absolute atomic E-state index is 0.128. The number of piperidine rings is 1. The highest BCUT2D eigenvalue weighted by Crippen LogP contribution is 2.22. The molecule has 3 rings (SSSR count). The summed E-state index contributed by atoms with van der Waals surface area (Å²) >= 11 is 0. The van der Waals surface area contributed by atoms with E-state index < -0.39 is 0 Å². The van der Waals surface area contributed by atoms with Crippen LogP contribution >= 0.6 is 0 Å². The number of likely N-dealkylation sites (tertiary alicyclic amines) is 1. The number of rotatable bonds is 6. The number of Topliss-reactive ketones (excluding diaryl/α,β-unsaturated/α-hetero) is 1. The van der Waals surface area contributed by atoms with Gasteiger partial charge in [0.2, 0.25) is 5.89 Å². The molecule has 5 nitrogen and oxygen atoms in total. The third kappa shape index (κ3) is 4.29. The Morgan fingerprint density at radius 2 is 1.96 bits per heavy atom. The summed E-state index contributed by atoms with van der Waals surface area (Å²) in [5.41, 5.74) is 0.825. The summed E-state index contributed by atoms with van der Waals surface area (Å²) in [6.45, 7) is 6.75. The zero-order chi connectivity index (χ0) is 16.9. The Kier molecular flexibility index (Phi) is 5.41. The molecule has 1 fully saturated rings. The smallest absolute Gasteiger partial charge is 0.240 e. The van der Waals surface area contributed by atoms with Crippen molar-refractivity contribution in [1.29, 1.82) is 0 Å². The number of ketones is 1. The molecule has 1 aliphatic rings. The number of carbonyl (C=O) groups is 1. The van der Waals surface area contributed by atoms with Crippen molar-refractivity contribution in [3.05, 3.63) is 47.6 Å². The number of hydrogen-bond donors (Lipinski definition) is 0. The third-order valence-corrected chi connectivity index (χ3v) is 4.48. The van der Waals surface area contributed by atoms with Crippen molar-refractivity contribution in [2.45, 2.75) is 39.7 Å². The van der Waals surface area contributed by atoms with Gasteiger partial charge in [0.25, 0.3) is 0 Å². The summed E-state index contributed by atoms with van der Waals surface area (Å²) in [4.78, 5) is 19.3. The second kappa shape index (κ2) is 7.71. The maximum absolute atomic E-state index is 12.5. The Morgan fingerprint density at radius 1 is 1.25 bits per heavy atom. The number of aromatic nitrogens is 2. The quantitative estimate of drug-likeness (QED) is 0.761. The van der Waals surface area contributed by atoms with E-state index >= 15 is 0 Å². The van der Waals surface area contributed by atoms with Gasteiger partial charge < -0.3 is 4.52 Å². The van der Waals surface area contributed by atoms with Gasteiger partial charge in [-0.05, 0) is 31.8 Å². The first kappa shape index (κ1) is 16.8. The maximum Gasteiger partial charge on any atom is 0.240 e. The lowest BCUT2D eigenvalue weighted by Crippen LogP contribution is -2.36. The van der Waals surface area contributed by atoms with Gasteiger partial charge in [0.15, 0.2) is 11.6 Å². The number of benzene rings is 1. The summed E-state index contributed by atoms with van der Waals surface area (Å²) in [5.74, 6) is 2.39. The minimum atomic E-state index is 0.128. The van der Waals surface area contributed by atoms with Gasteiger partial charge in [-0.25, -0.2) is 0 Å². The second-order valence-electron chi connectivity index (χ2n) is 6.98. The van der Waals surface area contributed by atoms with Crippen molar-refractivity contribution in [2.75, 3.05) is 13.1 Å². The average Bonchev–Trinajstić information content (AvgIpc) is 3.02. The van der Waals surface area contributed by atoms with Crippen LogP contribution in [-0.2, 0) is 13.0 Å². The van der Waals surface area contributed by atoms with Gasteiger partial charge in [-0.1, -0.05) is 49.3 Å². The van der Waals surface area contributed by atoms with Crippen LogP contribution in [0.1, 0.15) is 48.8 Å². The van der Waals surface area contributed by atoms with Crippen molar-refractivity contribution in [3.8, 4) is 0 Å². The average molecular weight is 327 g/mol. The van der Waals surface area contributed by atoms with E-state index in [2.05, 4.69) is 28.9 Å². The molecule has 1 saturated heterocycles. The Bertz CT molecular complexity index is 658. The van der Waals surface area contributed by atoms with E-state index in [0.717, 1.165) is 43.7 Å². The van der Waals surface area contributed by atoms with Gasteiger partial charge in [0.05, 0.1) is 6.54 Å². The number of nitrogens with zero attached hydrogens (tertiary/aromatic N) is 3. The summed E-state index contributed by atoms with van der Waals surface area (Å²) in [5, 5.41) is 4.04. The molecule has 2 aromatic rings.